The van der Waals surface area contributed by atoms with Gasteiger partial charge in [-0.05, 0) is 49.9 Å². The summed E-state index contributed by atoms with van der Waals surface area (Å²) in [5.74, 6) is 0.892. The van der Waals surface area contributed by atoms with Crippen LogP contribution in [0.3, 0.4) is 0 Å². The van der Waals surface area contributed by atoms with Gasteiger partial charge in [0.05, 0.1) is 18.2 Å². The highest BCUT2D eigenvalue weighted by atomic mass is 16.4. The Labute approximate surface area is 176 Å². The molecule has 3 aromatic rings. The van der Waals surface area contributed by atoms with E-state index in [1.54, 1.807) is 26.0 Å². The molecule has 2 heterocycles. The van der Waals surface area contributed by atoms with Crippen LogP contribution in [0.1, 0.15) is 70.9 Å². The van der Waals surface area contributed by atoms with E-state index in [9.17, 15) is 15.0 Å². The van der Waals surface area contributed by atoms with Gasteiger partial charge in [-0.1, -0.05) is 31.2 Å². The van der Waals surface area contributed by atoms with Gasteiger partial charge >= 0.3 is 5.97 Å². The quantitative estimate of drug-likeness (QED) is 0.562. The molecule has 0 bridgehead atoms. The van der Waals surface area contributed by atoms with E-state index < -0.39 is 12.1 Å². The maximum atomic E-state index is 11.3. The van der Waals surface area contributed by atoms with Crippen molar-refractivity contribution in [1.29, 1.82) is 0 Å². The number of carbonyl (C=O) groups is 1. The van der Waals surface area contributed by atoms with E-state index >= 15 is 0 Å². The van der Waals surface area contributed by atoms with E-state index in [-0.39, 0.29) is 5.56 Å². The molecule has 2 aromatic heterocycles. The minimum atomic E-state index is -0.937. The van der Waals surface area contributed by atoms with Gasteiger partial charge in [-0.15, -0.1) is 10.2 Å². The fourth-order valence-corrected chi connectivity index (χ4v) is 3.55. The smallest absolute Gasteiger partial charge is 0.335 e. The van der Waals surface area contributed by atoms with Crippen LogP contribution in [-0.4, -0.2) is 35.9 Å². The molecule has 0 amide bonds. The minimum absolute atomic E-state index is 0.270. The summed E-state index contributed by atoms with van der Waals surface area (Å²) >= 11 is 0. The minimum Gasteiger partial charge on any atom is -0.478 e. The predicted octanol–water partition coefficient (Wildman–Crippen LogP) is 3.52. The Morgan fingerprint density at radius 2 is 1.90 bits per heavy atom. The normalized spacial score (nSPS) is 12.1. The van der Waals surface area contributed by atoms with Crippen molar-refractivity contribution < 1.29 is 15.0 Å². The number of pyridine rings is 1. The van der Waals surface area contributed by atoms with Crippen LogP contribution < -0.4 is 0 Å². The standard InChI is InChI=1S/C23H28N4O3/c1-4-21-25-26-22(27(21)14-17-7-5-8-18(12-17)16(3)28)10-6-9-20-13-19(23(29)30)11-15(2)24-20/h5,7-8,11-13,16,28H,4,6,9-10,14H2,1-3H3,(H,29,30). The molecule has 0 saturated carbocycles. The zero-order valence-corrected chi connectivity index (χ0v) is 17.7. The van der Waals surface area contributed by atoms with E-state index in [2.05, 4.69) is 26.7 Å². The number of nitrogens with zero attached hydrogens (tertiary/aromatic N) is 4. The van der Waals surface area contributed by atoms with Crippen LogP contribution in [0.15, 0.2) is 36.4 Å². The molecule has 2 N–H and O–H groups in total. The maximum Gasteiger partial charge on any atom is 0.335 e. The third-order valence-corrected chi connectivity index (χ3v) is 5.08. The molecule has 158 valence electrons. The highest BCUT2D eigenvalue weighted by molar-refractivity contribution is 5.87. The van der Waals surface area contributed by atoms with Crippen LogP contribution in [0, 0.1) is 6.92 Å². The molecule has 1 aromatic carbocycles. The van der Waals surface area contributed by atoms with Gasteiger partial charge in [0.2, 0.25) is 0 Å². The van der Waals surface area contributed by atoms with E-state index in [0.29, 0.717) is 18.7 Å². The largest absolute Gasteiger partial charge is 0.478 e. The molecular formula is C23H28N4O3. The maximum absolute atomic E-state index is 11.3. The van der Waals surface area contributed by atoms with Crippen LogP contribution in [0.25, 0.3) is 0 Å². The lowest BCUT2D eigenvalue weighted by molar-refractivity contribution is 0.0696. The summed E-state index contributed by atoms with van der Waals surface area (Å²) in [6, 6.07) is 11.1. The molecule has 7 heteroatoms. The molecule has 0 fully saturated rings. The Kier molecular flexibility index (Phi) is 6.95. The van der Waals surface area contributed by atoms with E-state index in [4.69, 9.17) is 0 Å². The summed E-state index contributed by atoms with van der Waals surface area (Å²) in [7, 11) is 0. The monoisotopic (exact) mass is 408 g/mol. The first kappa shape index (κ1) is 21.6. The Morgan fingerprint density at radius 3 is 2.60 bits per heavy atom. The van der Waals surface area contributed by atoms with Crippen molar-refractivity contribution in [3.05, 3.63) is 76.1 Å². The van der Waals surface area contributed by atoms with Crippen LogP contribution in [0.5, 0.6) is 0 Å². The second kappa shape index (κ2) is 9.63. The average Bonchev–Trinajstić information content (AvgIpc) is 3.09. The number of aromatic carboxylic acids is 1. The second-order valence-electron chi connectivity index (χ2n) is 7.54. The molecule has 0 aliphatic carbocycles. The van der Waals surface area contributed by atoms with Crippen molar-refractivity contribution in [3.63, 3.8) is 0 Å². The Balaban J connectivity index is 1.73. The van der Waals surface area contributed by atoms with Crippen molar-refractivity contribution in [2.75, 3.05) is 0 Å². The first-order chi connectivity index (χ1) is 14.4. The molecule has 30 heavy (non-hydrogen) atoms. The van der Waals surface area contributed by atoms with E-state index in [1.807, 2.05) is 24.3 Å². The Hall–Kier alpha value is -3.06. The number of carboxylic acids is 1. The van der Waals surface area contributed by atoms with Crippen LogP contribution in [0.4, 0.5) is 0 Å². The van der Waals surface area contributed by atoms with Crippen LogP contribution in [0.2, 0.25) is 0 Å². The zero-order valence-electron chi connectivity index (χ0n) is 17.7. The highest BCUT2D eigenvalue weighted by Crippen LogP contribution is 2.17. The van der Waals surface area contributed by atoms with E-state index in [0.717, 1.165) is 47.7 Å². The third kappa shape index (κ3) is 5.30. The lowest BCUT2D eigenvalue weighted by Gasteiger charge is -2.12. The number of aromatic nitrogens is 4. The number of benzene rings is 1. The zero-order chi connectivity index (χ0) is 21.7. The van der Waals surface area contributed by atoms with E-state index in [1.165, 1.54) is 0 Å². The van der Waals surface area contributed by atoms with Crippen molar-refractivity contribution in [2.45, 2.75) is 59.1 Å². The molecule has 3 rings (SSSR count). The summed E-state index contributed by atoms with van der Waals surface area (Å²) in [5.41, 5.74) is 3.74. The molecule has 1 atom stereocenters. The number of aliphatic hydroxyl groups is 1. The SMILES string of the molecule is CCc1nnc(CCCc2cc(C(=O)O)cc(C)n2)n1Cc1cccc(C(C)O)c1. The fourth-order valence-electron chi connectivity index (χ4n) is 3.55. The molecule has 0 saturated heterocycles. The molecule has 0 radical (unpaired) electrons. The number of aryl methyl sites for hydroxylation is 4. The number of rotatable bonds is 9. The summed E-state index contributed by atoms with van der Waals surface area (Å²) < 4.78 is 2.13. The number of hydrogen-bond acceptors (Lipinski definition) is 5. The van der Waals surface area contributed by atoms with Crippen LogP contribution in [-0.2, 0) is 25.8 Å². The topological polar surface area (TPSA) is 101 Å². The molecule has 0 aliphatic rings. The summed E-state index contributed by atoms with van der Waals surface area (Å²) in [6.45, 7) is 6.27. The van der Waals surface area contributed by atoms with Gasteiger partial charge in [0.15, 0.2) is 0 Å². The first-order valence-corrected chi connectivity index (χ1v) is 10.3. The van der Waals surface area contributed by atoms with Gasteiger partial charge in [-0.25, -0.2) is 4.79 Å². The van der Waals surface area contributed by atoms with Gasteiger partial charge < -0.3 is 14.8 Å². The first-order valence-electron chi connectivity index (χ1n) is 10.3. The van der Waals surface area contributed by atoms with Gasteiger partial charge in [0.1, 0.15) is 11.6 Å². The molecular weight excluding hydrogens is 380 g/mol. The second-order valence-corrected chi connectivity index (χ2v) is 7.54. The number of aliphatic hydroxyl groups excluding tert-OH is 1. The molecule has 7 nitrogen and oxygen atoms in total. The number of hydrogen-bond donors (Lipinski definition) is 2. The summed E-state index contributed by atoms with van der Waals surface area (Å²) in [6.07, 6.45) is 2.47. The summed E-state index contributed by atoms with van der Waals surface area (Å²) in [4.78, 5) is 15.7. The van der Waals surface area contributed by atoms with Crippen LogP contribution >= 0.6 is 0 Å². The molecule has 0 spiro atoms. The van der Waals surface area contributed by atoms with Crippen molar-refractivity contribution in [2.24, 2.45) is 0 Å². The lowest BCUT2D eigenvalue weighted by atomic mass is 10.1. The Bertz CT molecular complexity index is 1030. The van der Waals surface area contributed by atoms with Gasteiger partial charge in [-0.3, -0.25) is 4.98 Å². The predicted molar refractivity (Wildman–Crippen MR) is 114 cm³/mol. The highest BCUT2D eigenvalue weighted by Gasteiger charge is 2.13. The van der Waals surface area contributed by atoms with Gasteiger partial charge in [0.25, 0.3) is 0 Å². The van der Waals surface area contributed by atoms with Crippen molar-refractivity contribution in [1.82, 2.24) is 19.7 Å². The fraction of sp³-hybridized carbons (Fsp3) is 0.391. The number of carboxylic acid groups (broad SMARTS) is 1. The molecule has 1 unspecified atom stereocenters. The lowest BCUT2D eigenvalue weighted by Crippen LogP contribution is -2.10. The average molecular weight is 409 g/mol. The third-order valence-electron chi connectivity index (χ3n) is 5.08. The van der Waals surface area contributed by atoms with Gasteiger partial charge in [-0.2, -0.15) is 0 Å². The summed E-state index contributed by atoms with van der Waals surface area (Å²) in [5, 5.41) is 27.8. The Morgan fingerprint density at radius 1 is 1.13 bits per heavy atom. The molecule has 0 aliphatic heterocycles. The van der Waals surface area contributed by atoms with Crippen molar-refractivity contribution in [3.8, 4) is 0 Å². The van der Waals surface area contributed by atoms with Gasteiger partial charge in [0, 0.05) is 24.2 Å². The van der Waals surface area contributed by atoms with Crippen molar-refractivity contribution >= 4 is 5.97 Å².